The number of carbonyl (C=O) groups is 2. The predicted molar refractivity (Wildman–Crippen MR) is 93.5 cm³/mol. The minimum Gasteiger partial charge on any atom is -0.478 e. The Bertz CT molecular complexity index is 576. The van der Waals surface area contributed by atoms with E-state index in [-0.39, 0.29) is 29.6 Å². The van der Waals surface area contributed by atoms with Gasteiger partial charge in [-0.25, -0.2) is 4.79 Å². The maximum Gasteiger partial charge on any atom is 0.328 e. The van der Waals surface area contributed by atoms with E-state index in [1.54, 1.807) is 0 Å². The van der Waals surface area contributed by atoms with Crippen LogP contribution in [0.25, 0.3) is 0 Å². The van der Waals surface area contributed by atoms with E-state index in [2.05, 4.69) is 13.5 Å². The third-order valence-electron chi connectivity index (χ3n) is 6.66. The lowest BCUT2D eigenvalue weighted by molar-refractivity contribution is -0.152. The van der Waals surface area contributed by atoms with Gasteiger partial charge < -0.3 is 10.2 Å². The average molecular weight is 334 g/mol. The van der Waals surface area contributed by atoms with Crippen molar-refractivity contribution in [1.82, 2.24) is 0 Å². The molecule has 0 saturated heterocycles. The summed E-state index contributed by atoms with van der Waals surface area (Å²) in [6.07, 6.45) is 5.98. The normalized spacial score (nSPS) is 37.2. The van der Waals surface area contributed by atoms with Gasteiger partial charge in [0.25, 0.3) is 0 Å². The highest BCUT2D eigenvalue weighted by atomic mass is 16.4. The Morgan fingerprint density at radius 2 is 2.04 bits per heavy atom. The Balaban J connectivity index is 2.26. The number of aliphatic hydroxyl groups excluding tert-OH is 1. The van der Waals surface area contributed by atoms with E-state index in [4.69, 9.17) is 5.11 Å². The molecule has 0 bridgehead atoms. The van der Waals surface area contributed by atoms with Crippen LogP contribution in [0.15, 0.2) is 23.8 Å². The van der Waals surface area contributed by atoms with Crippen molar-refractivity contribution in [2.45, 2.75) is 59.3 Å². The van der Waals surface area contributed by atoms with Crippen molar-refractivity contribution in [3.8, 4) is 0 Å². The Morgan fingerprint density at radius 3 is 2.62 bits per heavy atom. The zero-order valence-corrected chi connectivity index (χ0v) is 15.1. The van der Waals surface area contributed by atoms with E-state index in [1.165, 1.54) is 11.6 Å². The van der Waals surface area contributed by atoms with Crippen LogP contribution < -0.4 is 0 Å². The molecule has 0 unspecified atom stereocenters. The van der Waals surface area contributed by atoms with Gasteiger partial charge in [-0.1, -0.05) is 31.6 Å². The summed E-state index contributed by atoms with van der Waals surface area (Å²) in [6.45, 7) is 10.2. The molecule has 2 aliphatic carbocycles. The molecule has 4 nitrogen and oxygen atoms in total. The van der Waals surface area contributed by atoms with Gasteiger partial charge >= 0.3 is 5.97 Å². The quantitative estimate of drug-likeness (QED) is 0.593. The van der Waals surface area contributed by atoms with Gasteiger partial charge in [0.1, 0.15) is 5.78 Å². The lowest BCUT2D eigenvalue weighted by Gasteiger charge is -2.57. The summed E-state index contributed by atoms with van der Waals surface area (Å²) in [7, 11) is 0. The number of rotatable bonds is 5. The van der Waals surface area contributed by atoms with Crippen LogP contribution in [0.4, 0.5) is 0 Å². The molecule has 0 heterocycles. The number of allylic oxidation sites excluding steroid dienone is 2. The zero-order chi connectivity index (χ0) is 18.1. The number of hydrogen-bond acceptors (Lipinski definition) is 3. The van der Waals surface area contributed by atoms with Crippen LogP contribution in [0.2, 0.25) is 0 Å². The molecule has 2 saturated carbocycles. The van der Waals surface area contributed by atoms with E-state index >= 15 is 0 Å². The lowest BCUT2D eigenvalue weighted by Crippen LogP contribution is -2.55. The Hall–Kier alpha value is -1.42. The van der Waals surface area contributed by atoms with Crippen molar-refractivity contribution in [2.75, 3.05) is 6.61 Å². The van der Waals surface area contributed by atoms with Crippen LogP contribution in [0.5, 0.6) is 0 Å². The maximum atomic E-state index is 12.5. The Labute approximate surface area is 144 Å². The summed E-state index contributed by atoms with van der Waals surface area (Å²) in [4.78, 5) is 23.3. The SMILES string of the molecule is C=C1CC[C@@H]2[C@](C)(CCC(=O)[C@@]2(C)CO)[C@H]1CC/C(C)=C\C(=O)O. The first-order valence-electron chi connectivity index (χ1n) is 8.87. The van der Waals surface area contributed by atoms with Gasteiger partial charge in [-0.15, -0.1) is 0 Å². The monoisotopic (exact) mass is 334 g/mol. The highest BCUT2D eigenvalue weighted by Gasteiger charge is 2.57. The molecule has 0 spiro atoms. The van der Waals surface area contributed by atoms with Gasteiger partial charge in [-0.2, -0.15) is 0 Å². The second-order valence-corrected chi connectivity index (χ2v) is 8.17. The maximum absolute atomic E-state index is 12.5. The molecule has 4 atom stereocenters. The first-order chi connectivity index (χ1) is 11.1. The summed E-state index contributed by atoms with van der Waals surface area (Å²) >= 11 is 0. The van der Waals surface area contributed by atoms with Crippen LogP contribution in [-0.4, -0.2) is 28.6 Å². The van der Waals surface area contributed by atoms with E-state index in [1.807, 2.05) is 13.8 Å². The van der Waals surface area contributed by atoms with E-state index < -0.39 is 11.4 Å². The van der Waals surface area contributed by atoms with Gasteiger partial charge in [0.15, 0.2) is 0 Å². The second kappa shape index (κ2) is 6.83. The zero-order valence-electron chi connectivity index (χ0n) is 15.1. The number of hydrogen-bond donors (Lipinski definition) is 2. The van der Waals surface area contributed by atoms with Crippen molar-refractivity contribution < 1.29 is 19.8 Å². The van der Waals surface area contributed by atoms with E-state index in [0.717, 1.165) is 37.7 Å². The number of fused-ring (bicyclic) bond motifs is 1. The minimum absolute atomic E-state index is 0.0514. The van der Waals surface area contributed by atoms with Crippen LogP contribution in [0, 0.1) is 22.7 Å². The molecule has 2 N–H and O–H groups in total. The molecular weight excluding hydrogens is 304 g/mol. The summed E-state index contributed by atoms with van der Waals surface area (Å²) in [6, 6.07) is 0. The third-order valence-corrected chi connectivity index (χ3v) is 6.66. The standard InChI is InChI=1S/C20H30O4/c1-13(11-18(23)24)5-7-15-14(2)6-8-16-19(15,3)10-9-17(22)20(16,4)12-21/h11,15-16,21H,2,5-10,12H2,1,3-4H3,(H,23,24)/b13-11-/t15-,16+,19+,20-/m0/s1. The summed E-state index contributed by atoms with van der Waals surface area (Å²) < 4.78 is 0. The highest BCUT2D eigenvalue weighted by Crippen LogP contribution is 2.60. The van der Waals surface area contributed by atoms with Gasteiger partial charge in [-0.05, 0) is 56.3 Å². The molecule has 0 aromatic rings. The molecule has 2 aliphatic rings. The van der Waals surface area contributed by atoms with Crippen molar-refractivity contribution in [3.63, 3.8) is 0 Å². The van der Waals surface area contributed by atoms with E-state index in [0.29, 0.717) is 6.42 Å². The number of carboxylic acids is 1. The lowest BCUT2D eigenvalue weighted by atomic mass is 9.46. The molecule has 0 radical (unpaired) electrons. The smallest absolute Gasteiger partial charge is 0.328 e. The molecule has 0 aromatic carbocycles. The van der Waals surface area contributed by atoms with Crippen molar-refractivity contribution in [1.29, 1.82) is 0 Å². The number of ketones is 1. The third kappa shape index (κ3) is 3.21. The first-order valence-corrected chi connectivity index (χ1v) is 8.87. The summed E-state index contributed by atoms with van der Waals surface area (Å²) in [5.74, 6) is -0.293. The number of carbonyl (C=O) groups excluding carboxylic acids is 1. The molecular formula is C20H30O4. The molecule has 4 heteroatoms. The van der Waals surface area contributed by atoms with Crippen LogP contribution in [-0.2, 0) is 9.59 Å². The van der Waals surface area contributed by atoms with Gasteiger partial charge in [-0.3, -0.25) is 4.79 Å². The second-order valence-electron chi connectivity index (χ2n) is 8.17. The molecule has 0 amide bonds. The van der Waals surface area contributed by atoms with Crippen molar-refractivity contribution in [3.05, 3.63) is 23.8 Å². The summed E-state index contributed by atoms with van der Waals surface area (Å²) in [5, 5.41) is 18.8. The minimum atomic E-state index is -0.907. The van der Waals surface area contributed by atoms with E-state index in [9.17, 15) is 14.7 Å². The van der Waals surface area contributed by atoms with Gasteiger partial charge in [0.05, 0.1) is 12.0 Å². The van der Waals surface area contributed by atoms with Crippen LogP contribution in [0.1, 0.15) is 59.3 Å². The first kappa shape index (κ1) is 18.9. The molecule has 2 rings (SSSR count). The molecule has 2 fully saturated rings. The fourth-order valence-corrected chi connectivity index (χ4v) is 5.19. The highest BCUT2D eigenvalue weighted by molar-refractivity contribution is 5.86. The molecule has 0 aliphatic heterocycles. The Kier molecular flexibility index (Phi) is 5.38. The molecule has 134 valence electrons. The Morgan fingerprint density at radius 1 is 1.38 bits per heavy atom. The molecule has 0 aromatic heterocycles. The topological polar surface area (TPSA) is 74.6 Å². The average Bonchev–Trinajstić information content (AvgIpc) is 2.50. The van der Waals surface area contributed by atoms with Crippen LogP contribution >= 0.6 is 0 Å². The van der Waals surface area contributed by atoms with Crippen molar-refractivity contribution in [2.24, 2.45) is 22.7 Å². The number of carboxylic acid groups (broad SMARTS) is 1. The molecule has 24 heavy (non-hydrogen) atoms. The number of aliphatic carboxylic acids is 1. The van der Waals surface area contributed by atoms with Crippen LogP contribution in [0.3, 0.4) is 0 Å². The fraction of sp³-hybridized carbons (Fsp3) is 0.700. The number of aliphatic hydroxyl groups is 1. The van der Waals surface area contributed by atoms with Crippen molar-refractivity contribution >= 4 is 11.8 Å². The fourth-order valence-electron chi connectivity index (χ4n) is 5.19. The van der Waals surface area contributed by atoms with Gasteiger partial charge in [0.2, 0.25) is 0 Å². The largest absolute Gasteiger partial charge is 0.478 e. The van der Waals surface area contributed by atoms with Gasteiger partial charge in [0, 0.05) is 12.5 Å². The predicted octanol–water partition coefficient (Wildman–Crippen LogP) is 3.75. The number of Topliss-reactive ketones (excluding diaryl/α,β-unsaturated/α-hetero) is 1. The summed E-state index contributed by atoms with van der Waals surface area (Å²) in [5.41, 5.74) is 1.37.